The number of rotatable bonds is 2. The molecule has 9 heteroatoms. The van der Waals surface area contributed by atoms with Gasteiger partial charge in [-0.3, -0.25) is 0 Å². The van der Waals surface area contributed by atoms with Crippen molar-refractivity contribution in [3.63, 3.8) is 0 Å². The van der Waals surface area contributed by atoms with E-state index in [9.17, 15) is 13.2 Å². The van der Waals surface area contributed by atoms with Crippen molar-refractivity contribution in [2.45, 2.75) is 0 Å². The highest BCUT2D eigenvalue weighted by Crippen LogP contribution is 2.35. The van der Waals surface area contributed by atoms with Gasteiger partial charge in [-0.2, -0.15) is 0 Å². The maximum atomic E-state index is 12.8. The lowest BCUT2D eigenvalue weighted by Crippen LogP contribution is -2.48. The minimum Gasteiger partial charge on any atom is -0.378 e. The summed E-state index contributed by atoms with van der Waals surface area (Å²) in [5.41, 5.74) is 2.30. The van der Waals surface area contributed by atoms with E-state index in [1.165, 1.54) is 5.69 Å². The Morgan fingerprint density at radius 2 is 1.30 bits per heavy atom. The Bertz CT molecular complexity index is 857. The third-order valence-corrected chi connectivity index (χ3v) is 8.57. The average molecular weight is 435 g/mol. The van der Waals surface area contributed by atoms with Gasteiger partial charge < -0.3 is 24.3 Å². The maximum Gasteiger partial charge on any atom is 0.320 e. The van der Waals surface area contributed by atoms with Crippen LogP contribution < -0.4 is 9.80 Å². The smallest absolute Gasteiger partial charge is 0.320 e. The van der Waals surface area contributed by atoms with Crippen LogP contribution in [0.1, 0.15) is 0 Å². The van der Waals surface area contributed by atoms with E-state index in [1.54, 1.807) is 0 Å². The molecule has 164 valence electrons. The molecule has 1 aromatic carbocycles. The van der Waals surface area contributed by atoms with Crippen LogP contribution in [-0.4, -0.2) is 101 Å². The lowest BCUT2D eigenvalue weighted by atomic mass is 10.0. The molecule has 0 N–H and O–H groups in total. The van der Waals surface area contributed by atoms with Crippen LogP contribution in [0.15, 0.2) is 24.3 Å². The summed E-state index contributed by atoms with van der Waals surface area (Å²) in [6.45, 7) is 7.49. The molecule has 0 aliphatic carbocycles. The molecule has 4 heterocycles. The minimum absolute atomic E-state index is 0.173. The van der Waals surface area contributed by atoms with Gasteiger partial charge in [-0.05, 0) is 24.3 Å². The topological polar surface area (TPSA) is 73.4 Å². The Balaban J connectivity index is 1.16. The Kier molecular flexibility index (Phi) is 5.26. The zero-order chi connectivity index (χ0) is 20.7. The summed E-state index contributed by atoms with van der Waals surface area (Å²) in [5.74, 6) is 1.54. The number of sulfone groups is 1. The molecule has 0 bridgehead atoms. The van der Waals surface area contributed by atoms with Crippen molar-refractivity contribution >= 4 is 27.2 Å². The van der Waals surface area contributed by atoms with E-state index < -0.39 is 9.84 Å². The van der Waals surface area contributed by atoms with Gasteiger partial charge in [-0.1, -0.05) is 0 Å². The van der Waals surface area contributed by atoms with Crippen LogP contribution in [-0.2, 0) is 14.6 Å². The quantitative estimate of drug-likeness (QED) is 0.684. The highest BCUT2D eigenvalue weighted by molar-refractivity contribution is 7.91. The lowest BCUT2D eigenvalue weighted by molar-refractivity contribution is 0.0447. The molecule has 4 saturated heterocycles. The normalized spacial score (nSPS) is 28.7. The molecule has 1 aromatic rings. The number of hydrogen-bond acceptors (Lipinski definition) is 6. The molecule has 2 amide bonds. The van der Waals surface area contributed by atoms with E-state index in [-0.39, 0.29) is 17.5 Å². The summed E-state index contributed by atoms with van der Waals surface area (Å²) >= 11 is 0. The standard InChI is InChI=1S/C21H30N4O4S/c26-21(23-5-9-29-10-6-23)25-15-17-13-24(14-18(17)16-25)20-3-1-19(2-4-20)22-7-11-30(27,28)12-8-22/h1-4,17-18H,5-16H2/t17-,18+. The van der Waals surface area contributed by atoms with Crippen molar-refractivity contribution in [3.8, 4) is 0 Å². The fourth-order valence-corrected chi connectivity index (χ4v) is 6.36. The number of hydrogen-bond donors (Lipinski definition) is 0. The van der Waals surface area contributed by atoms with E-state index in [0.717, 1.165) is 31.9 Å². The van der Waals surface area contributed by atoms with Gasteiger partial charge in [0.05, 0.1) is 24.7 Å². The average Bonchev–Trinajstić information content (AvgIpc) is 3.33. The number of amides is 2. The molecule has 30 heavy (non-hydrogen) atoms. The molecular formula is C21H30N4O4S. The first-order valence-electron chi connectivity index (χ1n) is 10.9. The fraction of sp³-hybridized carbons (Fsp3) is 0.667. The predicted octanol–water partition coefficient (Wildman–Crippen LogP) is 0.742. The summed E-state index contributed by atoms with van der Waals surface area (Å²) in [7, 11) is -2.86. The molecule has 4 fully saturated rings. The third kappa shape index (κ3) is 3.97. The van der Waals surface area contributed by atoms with Crippen molar-refractivity contribution in [3.05, 3.63) is 24.3 Å². The van der Waals surface area contributed by atoms with E-state index >= 15 is 0 Å². The van der Waals surface area contributed by atoms with Crippen LogP contribution in [0.3, 0.4) is 0 Å². The second kappa shape index (κ2) is 7.92. The minimum atomic E-state index is -2.86. The number of fused-ring (bicyclic) bond motifs is 1. The van der Waals surface area contributed by atoms with Gasteiger partial charge in [-0.25, -0.2) is 13.2 Å². The number of carbonyl (C=O) groups excluding carboxylic acids is 1. The molecule has 5 rings (SSSR count). The van der Waals surface area contributed by atoms with Crippen LogP contribution in [0.5, 0.6) is 0 Å². The van der Waals surface area contributed by atoms with Crippen LogP contribution in [0, 0.1) is 11.8 Å². The number of morpholine rings is 1. The molecular weight excluding hydrogens is 404 g/mol. The van der Waals surface area contributed by atoms with Crippen molar-refractivity contribution in [1.29, 1.82) is 0 Å². The highest BCUT2D eigenvalue weighted by Gasteiger charge is 2.42. The van der Waals surface area contributed by atoms with Gasteiger partial charge in [0.25, 0.3) is 0 Å². The summed E-state index contributed by atoms with van der Waals surface area (Å²) in [6.07, 6.45) is 0. The molecule has 0 spiro atoms. The molecule has 0 radical (unpaired) electrons. The van der Waals surface area contributed by atoms with Gasteiger partial charge in [-0.15, -0.1) is 0 Å². The monoisotopic (exact) mass is 434 g/mol. The Labute approximate surface area is 178 Å². The second-order valence-corrected chi connectivity index (χ2v) is 11.2. The third-order valence-electron chi connectivity index (χ3n) is 6.96. The van der Waals surface area contributed by atoms with Gasteiger partial charge in [0.2, 0.25) is 0 Å². The first-order valence-corrected chi connectivity index (χ1v) is 12.7. The fourth-order valence-electron chi connectivity index (χ4n) is 5.16. The van der Waals surface area contributed by atoms with Gasteiger partial charge in [0, 0.05) is 75.6 Å². The van der Waals surface area contributed by atoms with Crippen molar-refractivity contribution < 1.29 is 17.9 Å². The summed E-state index contributed by atoms with van der Waals surface area (Å²) in [4.78, 5) is 21.3. The predicted molar refractivity (Wildman–Crippen MR) is 116 cm³/mol. The number of ether oxygens (including phenoxy) is 1. The maximum absolute atomic E-state index is 12.8. The molecule has 4 aliphatic heterocycles. The van der Waals surface area contributed by atoms with Crippen LogP contribution >= 0.6 is 0 Å². The molecule has 0 saturated carbocycles. The van der Waals surface area contributed by atoms with E-state index in [2.05, 4.69) is 34.1 Å². The number of urea groups is 1. The number of likely N-dealkylation sites (tertiary alicyclic amines) is 1. The second-order valence-electron chi connectivity index (χ2n) is 8.87. The molecule has 0 aromatic heterocycles. The zero-order valence-corrected chi connectivity index (χ0v) is 18.1. The summed E-state index contributed by atoms with van der Waals surface area (Å²) < 4.78 is 28.6. The number of nitrogens with zero attached hydrogens (tertiary/aromatic N) is 4. The molecule has 4 aliphatic rings. The van der Waals surface area contributed by atoms with Crippen molar-refractivity contribution in [2.75, 3.05) is 86.9 Å². The SMILES string of the molecule is O=C(N1CCOCC1)N1C[C@@H]2CN(c3ccc(N4CCS(=O)(=O)CC4)cc3)C[C@@H]2C1. The van der Waals surface area contributed by atoms with Gasteiger partial charge in [0.15, 0.2) is 9.84 Å². The van der Waals surface area contributed by atoms with Crippen molar-refractivity contribution in [2.24, 2.45) is 11.8 Å². The highest BCUT2D eigenvalue weighted by atomic mass is 32.2. The van der Waals surface area contributed by atoms with Gasteiger partial charge >= 0.3 is 6.03 Å². The molecule has 0 unspecified atom stereocenters. The lowest BCUT2D eigenvalue weighted by Gasteiger charge is -2.32. The number of anilines is 2. The Morgan fingerprint density at radius 1 is 0.767 bits per heavy atom. The van der Waals surface area contributed by atoms with E-state index in [4.69, 9.17) is 4.74 Å². The van der Waals surface area contributed by atoms with E-state index in [0.29, 0.717) is 51.2 Å². The zero-order valence-electron chi connectivity index (χ0n) is 17.3. The van der Waals surface area contributed by atoms with Crippen LogP contribution in [0.25, 0.3) is 0 Å². The largest absolute Gasteiger partial charge is 0.378 e. The summed E-state index contributed by atoms with van der Waals surface area (Å²) in [5, 5.41) is 0. The van der Waals surface area contributed by atoms with Crippen molar-refractivity contribution in [1.82, 2.24) is 9.80 Å². The first-order chi connectivity index (χ1) is 14.5. The van der Waals surface area contributed by atoms with Gasteiger partial charge in [0.1, 0.15) is 0 Å². The first kappa shape index (κ1) is 19.9. The Morgan fingerprint density at radius 3 is 1.87 bits per heavy atom. The van der Waals surface area contributed by atoms with Crippen LogP contribution in [0.2, 0.25) is 0 Å². The summed E-state index contributed by atoms with van der Waals surface area (Å²) in [6, 6.07) is 8.68. The number of benzene rings is 1. The van der Waals surface area contributed by atoms with Crippen LogP contribution in [0.4, 0.5) is 16.2 Å². The van der Waals surface area contributed by atoms with E-state index in [1.807, 2.05) is 9.80 Å². The Hall–Kier alpha value is -2.00. The molecule has 2 atom stereocenters. The number of carbonyl (C=O) groups is 1. The molecule has 8 nitrogen and oxygen atoms in total.